The molecule has 0 unspecified atom stereocenters. The smallest absolute Gasteiger partial charge is 0.127 e. The molecular formula is C14H17FN2O. The molecule has 1 aromatic carbocycles. The largest absolute Gasteiger partial charge is 0.380 e. The second-order valence-corrected chi connectivity index (χ2v) is 3.78. The maximum absolute atomic E-state index is 13.4. The Kier molecular flexibility index (Phi) is 6.70. The van der Waals surface area contributed by atoms with Crippen LogP contribution in [0.1, 0.15) is 17.5 Å². The van der Waals surface area contributed by atoms with Crippen LogP contribution >= 0.6 is 0 Å². The third kappa shape index (κ3) is 5.09. The molecule has 0 saturated heterocycles. The number of nitrogens with zero attached hydrogens (tertiary/aromatic N) is 1. The van der Waals surface area contributed by atoms with Crippen molar-refractivity contribution in [2.75, 3.05) is 19.8 Å². The summed E-state index contributed by atoms with van der Waals surface area (Å²) in [4.78, 5) is 0. The number of halogens is 1. The van der Waals surface area contributed by atoms with E-state index < -0.39 is 0 Å². The Morgan fingerprint density at radius 1 is 1.44 bits per heavy atom. The molecule has 4 heteroatoms. The zero-order chi connectivity index (χ0) is 13.2. The summed E-state index contributed by atoms with van der Waals surface area (Å²) in [5.41, 5.74) is 0.968. The molecule has 0 aliphatic heterocycles. The molecule has 0 amide bonds. The molecule has 0 bridgehead atoms. The summed E-state index contributed by atoms with van der Waals surface area (Å²) in [6.45, 7) is 5.87. The van der Waals surface area contributed by atoms with Gasteiger partial charge in [-0.1, -0.05) is 6.08 Å². The van der Waals surface area contributed by atoms with Gasteiger partial charge in [0.15, 0.2) is 0 Å². The van der Waals surface area contributed by atoms with Crippen molar-refractivity contribution in [2.45, 2.75) is 13.0 Å². The van der Waals surface area contributed by atoms with Crippen molar-refractivity contribution in [3.8, 4) is 6.07 Å². The van der Waals surface area contributed by atoms with E-state index in [-0.39, 0.29) is 5.82 Å². The molecule has 3 nitrogen and oxygen atoms in total. The number of hydrogen-bond acceptors (Lipinski definition) is 3. The zero-order valence-corrected chi connectivity index (χ0v) is 10.3. The van der Waals surface area contributed by atoms with Gasteiger partial charge in [-0.05, 0) is 24.6 Å². The Morgan fingerprint density at radius 3 is 3.00 bits per heavy atom. The third-order valence-corrected chi connectivity index (χ3v) is 2.38. The fourth-order valence-electron chi connectivity index (χ4n) is 1.42. The maximum atomic E-state index is 13.4. The average Bonchev–Trinajstić information content (AvgIpc) is 2.39. The van der Waals surface area contributed by atoms with Crippen LogP contribution in [0.15, 0.2) is 30.9 Å². The Labute approximate surface area is 107 Å². The molecule has 0 heterocycles. The summed E-state index contributed by atoms with van der Waals surface area (Å²) >= 11 is 0. The van der Waals surface area contributed by atoms with Gasteiger partial charge in [0.05, 0.1) is 24.8 Å². The zero-order valence-electron chi connectivity index (χ0n) is 10.3. The molecule has 0 fully saturated rings. The SMILES string of the molecule is C=CCCOCCNCc1cc(C#N)ccc1F. The van der Waals surface area contributed by atoms with Gasteiger partial charge in [-0.15, -0.1) is 6.58 Å². The minimum Gasteiger partial charge on any atom is -0.380 e. The van der Waals surface area contributed by atoms with Gasteiger partial charge in [0, 0.05) is 18.7 Å². The monoisotopic (exact) mass is 248 g/mol. The lowest BCUT2D eigenvalue weighted by atomic mass is 10.1. The summed E-state index contributed by atoms with van der Waals surface area (Å²) in [6, 6.07) is 6.33. The predicted molar refractivity (Wildman–Crippen MR) is 68.5 cm³/mol. The van der Waals surface area contributed by atoms with Crippen LogP contribution in [0.4, 0.5) is 4.39 Å². The van der Waals surface area contributed by atoms with Gasteiger partial charge in [0.2, 0.25) is 0 Å². The van der Waals surface area contributed by atoms with E-state index in [9.17, 15) is 4.39 Å². The van der Waals surface area contributed by atoms with Gasteiger partial charge in [-0.25, -0.2) is 4.39 Å². The highest BCUT2D eigenvalue weighted by Crippen LogP contribution is 2.09. The third-order valence-electron chi connectivity index (χ3n) is 2.38. The van der Waals surface area contributed by atoms with Crippen LogP contribution in [-0.2, 0) is 11.3 Å². The van der Waals surface area contributed by atoms with Gasteiger partial charge in [-0.2, -0.15) is 5.26 Å². The quantitative estimate of drug-likeness (QED) is 0.567. The summed E-state index contributed by atoms with van der Waals surface area (Å²) in [5.74, 6) is -0.297. The molecule has 0 spiro atoms. The topological polar surface area (TPSA) is 45.0 Å². The minimum absolute atomic E-state index is 0.297. The lowest BCUT2D eigenvalue weighted by Crippen LogP contribution is -2.20. The van der Waals surface area contributed by atoms with Crippen molar-refractivity contribution in [1.82, 2.24) is 5.32 Å². The Morgan fingerprint density at radius 2 is 2.28 bits per heavy atom. The molecule has 0 saturated carbocycles. The fourth-order valence-corrected chi connectivity index (χ4v) is 1.42. The van der Waals surface area contributed by atoms with Gasteiger partial charge in [-0.3, -0.25) is 0 Å². The van der Waals surface area contributed by atoms with Gasteiger partial charge >= 0.3 is 0 Å². The summed E-state index contributed by atoms with van der Waals surface area (Å²) in [5, 5.41) is 11.8. The van der Waals surface area contributed by atoms with Crippen molar-refractivity contribution in [3.05, 3.63) is 47.8 Å². The molecule has 18 heavy (non-hydrogen) atoms. The lowest BCUT2D eigenvalue weighted by molar-refractivity contribution is 0.140. The van der Waals surface area contributed by atoms with Crippen molar-refractivity contribution < 1.29 is 9.13 Å². The number of nitriles is 1. The summed E-state index contributed by atoms with van der Waals surface area (Å²) < 4.78 is 18.7. The first-order valence-corrected chi connectivity index (χ1v) is 5.86. The Bertz CT molecular complexity index is 426. The van der Waals surface area contributed by atoms with Crippen LogP contribution in [0.5, 0.6) is 0 Å². The van der Waals surface area contributed by atoms with Crippen molar-refractivity contribution in [1.29, 1.82) is 5.26 Å². The van der Waals surface area contributed by atoms with Gasteiger partial charge in [0.1, 0.15) is 5.82 Å². The van der Waals surface area contributed by atoms with E-state index in [1.54, 1.807) is 12.1 Å². The number of ether oxygens (including phenoxy) is 1. The molecule has 1 aromatic rings. The number of rotatable bonds is 8. The standard InChI is InChI=1S/C14H17FN2O/c1-2-3-7-18-8-6-17-11-13-9-12(10-16)4-5-14(13)15/h2,4-5,9,17H,1,3,6-8,11H2. The second-order valence-electron chi connectivity index (χ2n) is 3.78. The van der Waals surface area contributed by atoms with Crippen LogP contribution < -0.4 is 5.32 Å². The first-order valence-electron chi connectivity index (χ1n) is 5.86. The molecule has 1 rings (SSSR count). The normalized spacial score (nSPS) is 10.0. The molecule has 0 aliphatic rings. The van der Waals surface area contributed by atoms with Crippen molar-refractivity contribution in [3.63, 3.8) is 0 Å². The van der Waals surface area contributed by atoms with E-state index in [2.05, 4.69) is 11.9 Å². The van der Waals surface area contributed by atoms with E-state index in [0.717, 1.165) is 6.42 Å². The van der Waals surface area contributed by atoms with E-state index in [1.165, 1.54) is 12.1 Å². The minimum atomic E-state index is -0.297. The fraction of sp³-hybridized carbons (Fsp3) is 0.357. The Hall–Kier alpha value is -1.70. The molecule has 0 aromatic heterocycles. The number of hydrogen-bond donors (Lipinski definition) is 1. The van der Waals surface area contributed by atoms with Gasteiger partial charge < -0.3 is 10.1 Å². The highest BCUT2D eigenvalue weighted by atomic mass is 19.1. The first kappa shape index (κ1) is 14.4. The predicted octanol–water partition coefficient (Wildman–Crippen LogP) is 2.38. The van der Waals surface area contributed by atoms with Crippen LogP contribution in [0.2, 0.25) is 0 Å². The van der Waals surface area contributed by atoms with Crippen molar-refractivity contribution >= 4 is 0 Å². The number of nitrogens with one attached hydrogen (secondary N) is 1. The van der Waals surface area contributed by atoms with Crippen LogP contribution in [0.25, 0.3) is 0 Å². The molecule has 0 aliphatic carbocycles. The average molecular weight is 248 g/mol. The second kappa shape index (κ2) is 8.40. The molecule has 96 valence electrons. The Balaban J connectivity index is 2.27. The van der Waals surface area contributed by atoms with E-state index in [1.807, 2.05) is 6.07 Å². The molecule has 1 N–H and O–H groups in total. The van der Waals surface area contributed by atoms with Crippen LogP contribution in [-0.4, -0.2) is 19.8 Å². The van der Waals surface area contributed by atoms with E-state index in [0.29, 0.717) is 37.4 Å². The molecular weight excluding hydrogens is 231 g/mol. The summed E-state index contributed by atoms with van der Waals surface area (Å²) in [6.07, 6.45) is 2.63. The number of benzene rings is 1. The highest BCUT2D eigenvalue weighted by molar-refractivity contribution is 5.33. The lowest BCUT2D eigenvalue weighted by Gasteiger charge is -2.07. The molecule has 0 atom stereocenters. The van der Waals surface area contributed by atoms with Crippen molar-refractivity contribution in [2.24, 2.45) is 0 Å². The van der Waals surface area contributed by atoms with Crippen LogP contribution in [0, 0.1) is 17.1 Å². The maximum Gasteiger partial charge on any atom is 0.127 e. The summed E-state index contributed by atoms with van der Waals surface area (Å²) in [7, 11) is 0. The first-order chi connectivity index (χ1) is 8.77. The van der Waals surface area contributed by atoms with Crippen LogP contribution in [0.3, 0.4) is 0 Å². The van der Waals surface area contributed by atoms with E-state index in [4.69, 9.17) is 10.00 Å². The highest BCUT2D eigenvalue weighted by Gasteiger charge is 2.02. The van der Waals surface area contributed by atoms with Gasteiger partial charge in [0.25, 0.3) is 0 Å². The molecule has 0 radical (unpaired) electrons. The van der Waals surface area contributed by atoms with E-state index >= 15 is 0 Å².